The van der Waals surface area contributed by atoms with E-state index in [1.54, 1.807) is 0 Å². The quantitative estimate of drug-likeness (QED) is 0.630. The van der Waals surface area contributed by atoms with Crippen LogP contribution in [0.25, 0.3) is 11.0 Å². The van der Waals surface area contributed by atoms with Crippen molar-refractivity contribution in [1.82, 2.24) is 9.55 Å². The highest BCUT2D eigenvalue weighted by Crippen LogP contribution is 2.36. The summed E-state index contributed by atoms with van der Waals surface area (Å²) in [6, 6.07) is 6.86. The molecule has 114 valence electrons. The zero-order valence-corrected chi connectivity index (χ0v) is 14.8. The van der Waals surface area contributed by atoms with E-state index in [2.05, 4.69) is 45.6 Å². The van der Waals surface area contributed by atoms with Crippen molar-refractivity contribution < 1.29 is 0 Å². The Balaban J connectivity index is 2.04. The average Bonchev–Trinajstić information content (AvgIpc) is 2.85. The molecule has 0 saturated heterocycles. The SMILES string of the molecule is CC(C1CCCCC1)n1c(CCCl)nc2ccc(Br)cc21. The van der Waals surface area contributed by atoms with Crippen molar-refractivity contribution in [3.8, 4) is 0 Å². The fourth-order valence-electron chi connectivity index (χ4n) is 3.66. The van der Waals surface area contributed by atoms with Crippen LogP contribution in [0.5, 0.6) is 0 Å². The van der Waals surface area contributed by atoms with Crippen LogP contribution < -0.4 is 0 Å². The predicted octanol–water partition coefficient (Wildman–Crippen LogP) is 5.72. The van der Waals surface area contributed by atoms with Crippen LogP contribution in [-0.2, 0) is 6.42 Å². The number of alkyl halides is 1. The summed E-state index contributed by atoms with van der Waals surface area (Å²) in [7, 11) is 0. The van der Waals surface area contributed by atoms with E-state index in [9.17, 15) is 0 Å². The minimum Gasteiger partial charge on any atom is -0.325 e. The van der Waals surface area contributed by atoms with E-state index in [0.29, 0.717) is 11.9 Å². The molecular formula is C17H22BrClN2. The van der Waals surface area contributed by atoms with Gasteiger partial charge in [0.05, 0.1) is 11.0 Å². The largest absolute Gasteiger partial charge is 0.325 e. The van der Waals surface area contributed by atoms with E-state index in [1.165, 1.54) is 37.6 Å². The Kier molecular flexibility index (Phi) is 4.90. The molecule has 0 N–H and O–H groups in total. The van der Waals surface area contributed by atoms with Crippen LogP contribution in [0.1, 0.15) is 50.9 Å². The third-order valence-electron chi connectivity index (χ3n) is 4.78. The van der Waals surface area contributed by atoms with Gasteiger partial charge in [0, 0.05) is 22.8 Å². The number of fused-ring (bicyclic) bond motifs is 1. The van der Waals surface area contributed by atoms with Gasteiger partial charge in [0.15, 0.2) is 0 Å². The Bertz CT molecular complexity index is 617. The normalized spacial score (nSPS) is 18.2. The summed E-state index contributed by atoms with van der Waals surface area (Å²) in [5, 5.41) is 0. The first-order chi connectivity index (χ1) is 10.2. The van der Waals surface area contributed by atoms with Crippen LogP contribution in [-0.4, -0.2) is 15.4 Å². The second-order valence-electron chi connectivity index (χ2n) is 6.11. The molecule has 1 aliphatic rings. The number of halogens is 2. The summed E-state index contributed by atoms with van der Waals surface area (Å²) >= 11 is 9.59. The van der Waals surface area contributed by atoms with Crippen molar-refractivity contribution in [1.29, 1.82) is 0 Å². The molecule has 2 aromatic rings. The van der Waals surface area contributed by atoms with Gasteiger partial charge in [-0.3, -0.25) is 0 Å². The minimum atomic E-state index is 0.503. The van der Waals surface area contributed by atoms with Crippen LogP contribution in [0.3, 0.4) is 0 Å². The van der Waals surface area contributed by atoms with Crippen molar-refractivity contribution >= 4 is 38.6 Å². The lowest BCUT2D eigenvalue weighted by atomic mass is 9.84. The third kappa shape index (κ3) is 3.14. The zero-order chi connectivity index (χ0) is 14.8. The number of benzene rings is 1. The lowest BCUT2D eigenvalue weighted by Gasteiger charge is -2.30. The second-order valence-corrected chi connectivity index (χ2v) is 7.40. The minimum absolute atomic E-state index is 0.503. The average molecular weight is 370 g/mol. The summed E-state index contributed by atoms with van der Waals surface area (Å²) in [5.74, 6) is 2.53. The van der Waals surface area contributed by atoms with Crippen molar-refractivity contribution in [3.05, 3.63) is 28.5 Å². The van der Waals surface area contributed by atoms with Crippen LogP contribution >= 0.6 is 27.5 Å². The van der Waals surface area contributed by atoms with Gasteiger partial charge in [-0.05, 0) is 43.9 Å². The first-order valence-electron chi connectivity index (χ1n) is 7.93. The number of hydrogen-bond donors (Lipinski definition) is 0. The van der Waals surface area contributed by atoms with Gasteiger partial charge in [0.2, 0.25) is 0 Å². The van der Waals surface area contributed by atoms with Crippen LogP contribution in [0.2, 0.25) is 0 Å². The molecule has 1 heterocycles. The van der Waals surface area contributed by atoms with Crippen molar-refractivity contribution in [2.75, 3.05) is 5.88 Å². The van der Waals surface area contributed by atoms with Gasteiger partial charge < -0.3 is 4.57 Å². The Morgan fingerprint density at radius 3 is 2.81 bits per heavy atom. The van der Waals surface area contributed by atoms with E-state index < -0.39 is 0 Å². The van der Waals surface area contributed by atoms with Crippen LogP contribution in [0.4, 0.5) is 0 Å². The molecule has 0 spiro atoms. The number of imidazole rings is 1. The van der Waals surface area contributed by atoms with Gasteiger partial charge >= 0.3 is 0 Å². The second kappa shape index (κ2) is 6.70. The van der Waals surface area contributed by atoms with E-state index in [4.69, 9.17) is 16.6 Å². The zero-order valence-electron chi connectivity index (χ0n) is 12.5. The fourth-order valence-corrected chi connectivity index (χ4v) is 4.18. The summed E-state index contributed by atoms with van der Waals surface area (Å²) in [6.45, 7) is 2.36. The first-order valence-corrected chi connectivity index (χ1v) is 9.26. The van der Waals surface area contributed by atoms with Crippen LogP contribution in [0, 0.1) is 5.92 Å². The highest BCUT2D eigenvalue weighted by Gasteiger charge is 2.24. The van der Waals surface area contributed by atoms with Gasteiger partial charge in [-0.2, -0.15) is 0 Å². The highest BCUT2D eigenvalue weighted by molar-refractivity contribution is 9.10. The first kappa shape index (κ1) is 15.4. The fraction of sp³-hybridized carbons (Fsp3) is 0.588. The highest BCUT2D eigenvalue weighted by atomic mass is 79.9. The maximum absolute atomic E-state index is 5.99. The maximum atomic E-state index is 5.99. The van der Waals surface area contributed by atoms with E-state index in [0.717, 1.165) is 28.2 Å². The molecule has 0 radical (unpaired) electrons. The molecule has 1 fully saturated rings. The lowest BCUT2D eigenvalue weighted by molar-refractivity contribution is 0.264. The topological polar surface area (TPSA) is 17.8 Å². The molecule has 0 aliphatic heterocycles. The van der Waals surface area contributed by atoms with E-state index in [-0.39, 0.29) is 0 Å². The van der Waals surface area contributed by atoms with Gasteiger partial charge in [-0.1, -0.05) is 35.2 Å². The monoisotopic (exact) mass is 368 g/mol. The molecule has 0 bridgehead atoms. The van der Waals surface area contributed by atoms with Gasteiger partial charge in [0.25, 0.3) is 0 Å². The van der Waals surface area contributed by atoms with E-state index >= 15 is 0 Å². The Hall–Kier alpha value is -0.540. The molecule has 1 atom stereocenters. The molecule has 0 amide bonds. The summed E-state index contributed by atoms with van der Waals surface area (Å²) in [4.78, 5) is 4.82. The van der Waals surface area contributed by atoms with Gasteiger partial charge in [-0.25, -0.2) is 4.98 Å². The molecule has 1 aliphatic carbocycles. The Morgan fingerprint density at radius 2 is 2.10 bits per heavy atom. The molecule has 3 rings (SSSR count). The molecule has 1 aromatic carbocycles. The smallest absolute Gasteiger partial charge is 0.111 e. The van der Waals surface area contributed by atoms with E-state index in [1.807, 2.05) is 0 Å². The number of hydrogen-bond acceptors (Lipinski definition) is 1. The molecule has 1 saturated carbocycles. The molecular weight excluding hydrogens is 348 g/mol. The number of aryl methyl sites for hydroxylation is 1. The third-order valence-corrected chi connectivity index (χ3v) is 5.46. The molecule has 2 nitrogen and oxygen atoms in total. The predicted molar refractivity (Wildman–Crippen MR) is 93.1 cm³/mol. The standard InChI is InChI=1S/C17H22BrClN2/c1-12(13-5-3-2-4-6-13)21-16-11-14(18)7-8-15(16)20-17(21)9-10-19/h7-8,11-13H,2-6,9-10H2,1H3. The lowest BCUT2D eigenvalue weighted by Crippen LogP contribution is -2.21. The summed E-state index contributed by atoms with van der Waals surface area (Å²) < 4.78 is 3.56. The number of nitrogens with zero attached hydrogens (tertiary/aromatic N) is 2. The summed E-state index contributed by atoms with van der Waals surface area (Å²) in [5.41, 5.74) is 2.32. The van der Waals surface area contributed by atoms with Gasteiger partial charge in [-0.15, -0.1) is 11.6 Å². The molecule has 1 unspecified atom stereocenters. The van der Waals surface area contributed by atoms with Crippen molar-refractivity contribution in [3.63, 3.8) is 0 Å². The van der Waals surface area contributed by atoms with Crippen molar-refractivity contribution in [2.45, 2.75) is 51.5 Å². The Labute approximate surface area is 140 Å². The maximum Gasteiger partial charge on any atom is 0.111 e. The molecule has 4 heteroatoms. The summed E-state index contributed by atoms with van der Waals surface area (Å²) in [6.07, 6.45) is 7.66. The number of aromatic nitrogens is 2. The van der Waals surface area contributed by atoms with Gasteiger partial charge in [0.1, 0.15) is 5.82 Å². The molecule has 1 aromatic heterocycles. The molecule has 21 heavy (non-hydrogen) atoms. The number of rotatable bonds is 4. The van der Waals surface area contributed by atoms with Crippen molar-refractivity contribution in [2.24, 2.45) is 5.92 Å². The van der Waals surface area contributed by atoms with Crippen LogP contribution in [0.15, 0.2) is 22.7 Å². The Morgan fingerprint density at radius 1 is 1.33 bits per heavy atom.